The summed E-state index contributed by atoms with van der Waals surface area (Å²) in [6.07, 6.45) is 0.901. The van der Waals surface area contributed by atoms with Crippen LogP contribution >= 0.6 is 23.1 Å². The number of hydrogen-bond acceptors (Lipinski definition) is 10. The number of benzene rings is 2. The predicted octanol–water partition coefficient (Wildman–Crippen LogP) is 5.22. The molecule has 0 fully saturated rings. The number of carbonyl (C=O) groups is 2. The zero-order chi connectivity index (χ0) is 28.4. The first kappa shape index (κ1) is 27.4. The molecule has 0 bridgehead atoms. The average molecular weight is 573 g/mol. The SMILES string of the molecule is COc1ccccc1C1C(C#N)=C(N)N(c2nnc(SCC(=O)Nc3ccccc3)s2)C2=C1C(=O)CC(C)(C)C2. The molecule has 1 atom stereocenters. The highest BCUT2D eigenvalue weighted by molar-refractivity contribution is 8.01. The second-order valence-electron chi connectivity index (χ2n) is 10.3. The Balaban J connectivity index is 1.50. The number of thioether (sulfide) groups is 1. The number of anilines is 2. The van der Waals surface area contributed by atoms with Crippen molar-refractivity contribution in [2.24, 2.45) is 11.1 Å². The van der Waals surface area contributed by atoms with Gasteiger partial charge in [0, 0.05) is 28.9 Å². The first-order chi connectivity index (χ1) is 19.2. The van der Waals surface area contributed by atoms with Crippen molar-refractivity contribution in [2.45, 2.75) is 36.9 Å². The van der Waals surface area contributed by atoms with Gasteiger partial charge in [-0.25, -0.2) is 0 Å². The number of nitrogens with two attached hydrogens (primary N) is 1. The Hall–Kier alpha value is -4.14. The fourth-order valence-electron chi connectivity index (χ4n) is 5.14. The molecule has 5 rings (SSSR count). The molecule has 0 saturated carbocycles. The quantitative estimate of drug-likeness (QED) is 0.366. The molecule has 0 radical (unpaired) electrons. The summed E-state index contributed by atoms with van der Waals surface area (Å²) in [6.45, 7) is 4.08. The second-order valence-corrected chi connectivity index (χ2v) is 12.5. The van der Waals surface area contributed by atoms with Crippen molar-refractivity contribution >= 4 is 45.6 Å². The molecule has 1 aliphatic carbocycles. The molecular weight excluding hydrogens is 544 g/mol. The number of aromatic nitrogens is 2. The lowest BCUT2D eigenvalue weighted by atomic mass is 9.68. The fourth-order valence-corrected chi connectivity index (χ4v) is 6.82. The van der Waals surface area contributed by atoms with Gasteiger partial charge >= 0.3 is 0 Å². The summed E-state index contributed by atoms with van der Waals surface area (Å²) in [4.78, 5) is 27.9. The Bertz CT molecular complexity index is 1570. The van der Waals surface area contributed by atoms with Gasteiger partial charge in [-0.1, -0.05) is 73.3 Å². The van der Waals surface area contributed by atoms with E-state index in [1.807, 2.05) is 68.4 Å². The highest BCUT2D eigenvalue weighted by Crippen LogP contribution is 2.51. The minimum Gasteiger partial charge on any atom is -0.496 e. The number of Topliss-reactive ketones (excluding diaryl/α,β-unsaturated/α-hetero) is 1. The van der Waals surface area contributed by atoms with Crippen LogP contribution in [0.4, 0.5) is 10.8 Å². The summed E-state index contributed by atoms with van der Waals surface area (Å²) in [5.41, 5.74) is 9.31. The van der Waals surface area contributed by atoms with Crippen molar-refractivity contribution in [3.05, 3.63) is 82.8 Å². The smallest absolute Gasteiger partial charge is 0.234 e. The maximum absolute atomic E-state index is 13.7. The van der Waals surface area contributed by atoms with E-state index in [0.29, 0.717) is 44.9 Å². The molecule has 40 heavy (non-hydrogen) atoms. The van der Waals surface area contributed by atoms with Gasteiger partial charge in [0.1, 0.15) is 11.6 Å². The number of rotatable bonds is 7. The van der Waals surface area contributed by atoms with Crippen LogP contribution in [0, 0.1) is 16.7 Å². The van der Waals surface area contributed by atoms with E-state index in [2.05, 4.69) is 21.6 Å². The summed E-state index contributed by atoms with van der Waals surface area (Å²) < 4.78 is 6.17. The van der Waals surface area contributed by atoms with Gasteiger partial charge in [-0.15, -0.1) is 10.2 Å². The molecule has 2 heterocycles. The number of allylic oxidation sites excluding steroid dienone is 3. The molecule has 0 saturated heterocycles. The first-order valence-electron chi connectivity index (χ1n) is 12.6. The molecule has 1 amide bonds. The number of nitriles is 1. The molecule has 9 nitrogen and oxygen atoms in total. The van der Waals surface area contributed by atoms with Gasteiger partial charge in [0.2, 0.25) is 11.0 Å². The lowest BCUT2D eigenvalue weighted by Gasteiger charge is -2.42. The first-order valence-corrected chi connectivity index (χ1v) is 14.4. The lowest BCUT2D eigenvalue weighted by Crippen LogP contribution is -2.42. The van der Waals surface area contributed by atoms with Gasteiger partial charge in [0.05, 0.1) is 30.4 Å². The highest BCUT2D eigenvalue weighted by Gasteiger charge is 2.46. The third-order valence-corrected chi connectivity index (χ3v) is 8.84. The van der Waals surface area contributed by atoms with Crippen LogP contribution in [0.5, 0.6) is 5.75 Å². The molecule has 0 spiro atoms. The standard InChI is InChI=1S/C29H28N6O3S2/c1-29(2)13-20-25(21(36)14-29)24(18-11-7-8-12-22(18)38-3)19(15-30)26(31)35(20)27-33-34-28(40-27)39-16-23(37)32-17-9-5-4-6-10-17/h4-12,24H,13-14,16,31H2,1-3H3,(H,32,37). The summed E-state index contributed by atoms with van der Waals surface area (Å²) in [7, 11) is 1.56. The van der Waals surface area contributed by atoms with Crippen LogP contribution < -0.4 is 20.7 Å². The maximum atomic E-state index is 13.7. The van der Waals surface area contributed by atoms with E-state index in [1.165, 1.54) is 23.1 Å². The molecule has 2 aliphatic rings. The topological polar surface area (TPSA) is 134 Å². The van der Waals surface area contributed by atoms with Gasteiger partial charge in [-0.2, -0.15) is 5.26 Å². The average Bonchev–Trinajstić information content (AvgIpc) is 3.39. The molecule has 3 N–H and O–H groups in total. The number of ketones is 1. The molecule has 3 aromatic rings. The van der Waals surface area contributed by atoms with Crippen molar-refractivity contribution in [2.75, 3.05) is 23.1 Å². The van der Waals surface area contributed by atoms with Crippen molar-refractivity contribution in [3.63, 3.8) is 0 Å². The lowest BCUT2D eigenvalue weighted by molar-refractivity contribution is -0.118. The maximum Gasteiger partial charge on any atom is 0.234 e. The van der Waals surface area contributed by atoms with Crippen LogP contribution in [0.2, 0.25) is 0 Å². The number of nitrogens with one attached hydrogen (secondary N) is 1. The predicted molar refractivity (Wildman–Crippen MR) is 156 cm³/mol. The van der Waals surface area contributed by atoms with E-state index >= 15 is 0 Å². The third kappa shape index (κ3) is 5.33. The van der Waals surface area contributed by atoms with Gasteiger partial charge in [0.25, 0.3) is 0 Å². The Kier molecular flexibility index (Phi) is 7.65. The Morgan fingerprint density at radius 2 is 1.93 bits per heavy atom. The van der Waals surface area contributed by atoms with E-state index in [1.54, 1.807) is 12.0 Å². The highest BCUT2D eigenvalue weighted by atomic mass is 32.2. The Labute approximate surface area is 240 Å². The number of amides is 1. The normalized spacial score (nSPS) is 18.3. The molecule has 2 aromatic carbocycles. The van der Waals surface area contributed by atoms with Crippen LogP contribution in [0.3, 0.4) is 0 Å². The number of nitrogens with zero attached hydrogens (tertiary/aromatic N) is 4. The fraction of sp³-hybridized carbons (Fsp3) is 0.276. The second kappa shape index (κ2) is 11.2. The minimum absolute atomic E-state index is 0.0379. The number of hydrogen-bond donors (Lipinski definition) is 2. The van der Waals surface area contributed by atoms with Gasteiger partial charge in [-0.05, 0) is 30.0 Å². The Morgan fingerprint density at radius 3 is 2.65 bits per heavy atom. The van der Waals surface area contributed by atoms with E-state index in [4.69, 9.17) is 10.5 Å². The third-order valence-electron chi connectivity index (χ3n) is 6.80. The summed E-state index contributed by atoms with van der Waals surface area (Å²) in [5.74, 6) is 0.0737. The van der Waals surface area contributed by atoms with E-state index in [9.17, 15) is 14.9 Å². The largest absolute Gasteiger partial charge is 0.496 e. The molecule has 1 aliphatic heterocycles. The summed E-state index contributed by atoms with van der Waals surface area (Å²) in [5, 5.41) is 22.2. The van der Waals surface area contributed by atoms with Gasteiger partial charge in [-0.3, -0.25) is 14.5 Å². The van der Waals surface area contributed by atoms with Crippen molar-refractivity contribution in [3.8, 4) is 11.8 Å². The summed E-state index contributed by atoms with van der Waals surface area (Å²) in [6, 6.07) is 18.9. The molecule has 1 unspecified atom stereocenters. The van der Waals surface area contributed by atoms with Crippen molar-refractivity contribution in [1.29, 1.82) is 5.26 Å². The number of carbonyl (C=O) groups excluding carboxylic acids is 2. The zero-order valence-electron chi connectivity index (χ0n) is 22.3. The van der Waals surface area contributed by atoms with E-state index < -0.39 is 5.92 Å². The molecule has 204 valence electrons. The van der Waals surface area contributed by atoms with Crippen molar-refractivity contribution < 1.29 is 14.3 Å². The van der Waals surface area contributed by atoms with Crippen LogP contribution in [0.25, 0.3) is 0 Å². The molecule has 1 aromatic heterocycles. The number of para-hydroxylation sites is 2. The van der Waals surface area contributed by atoms with E-state index in [0.717, 1.165) is 5.69 Å². The van der Waals surface area contributed by atoms with Crippen LogP contribution in [-0.2, 0) is 9.59 Å². The number of ether oxygens (including phenoxy) is 1. The van der Waals surface area contributed by atoms with Gasteiger partial charge < -0.3 is 15.8 Å². The Morgan fingerprint density at radius 1 is 1.20 bits per heavy atom. The van der Waals surface area contributed by atoms with Gasteiger partial charge in [0.15, 0.2) is 10.1 Å². The molecular formula is C29H28N6O3S2. The number of methoxy groups -OCH3 is 1. The minimum atomic E-state index is -0.653. The van der Waals surface area contributed by atoms with E-state index in [-0.39, 0.29) is 34.3 Å². The molecule has 11 heteroatoms. The van der Waals surface area contributed by atoms with Crippen LogP contribution in [0.15, 0.2) is 81.6 Å². The zero-order valence-corrected chi connectivity index (χ0v) is 23.9. The summed E-state index contributed by atoms with van der Waals surface area (Å²) >= 11 is 2.52. The van der Waals surface area contributed by atoms with Crippen LogP contribution in [0.1, 0.15) is 38.2 Å². The van der Waals surface area contributed by atoms with Crippen molar-refractivity contribution in [1.82, 2.24) is 10.2 Å². The van der Waals surface area contributed by atoms with Crippen LogP contribution in [-0.4, -0.2) is 34.8 Å². The monoisotopic (exact) mass is 572 g/mol.